The maximum atomic E-state index is 4.17. The predicted molar refractivity (Wildman–Crippen MR) is 57.9 cm³/mol. The van der Waals surface area contributed by atoms with Crippen molar-refractivity contribution in [1.82, 2.24) is 9.55 Å². The lowest BCUT2D eigenvalue weighted by Crippen LogP contribution is -1.94. The maximum absolute atomic E-state index is 4.17. The van der Waals surface area contributed by atoms with E-state index in [1.807, 2.05) is 12.5 Å². The summed E-state index contributed by atoms with van der Waals surface area (Å²) in [6.07, 6.45) is 8.69. The van der Waals surface area contributed by atoms with Gasteiger partial charge in [0.25, 0.3) is 0 Å². The SMILES string of the molecule is C/C(=C\c1cncn1C1CC1)CBr. The fraction of sp³-hybridized carbons (Fsp3) is 0.500. The molecule has 1 aliphatic rings. The normalized spacial score (nSPS) is 17.8. The van der Waals surface area contributed by atoms with E-state index in [-0.39, 0.29) is 0 Å². The van der Waals surface area contributed by atoms with Gasteiger partial charge in [0.05, 0.1) is 18.2 Å². The zero-order valence-corrected chi connectivity index (χ0v) is 9.29. The monoisotopic (exact) mass is 240 g/mol. The van der Waals surface area contributed by atoms with Gasteiger partial charge in [0.2, 0.25) is 0 Å². The minimum absolute atomic E-state index is 0.719. The van der Waals surface area contributed by atoms with E-state index in [4.69, 9.17) is 0 Å². The number of rotatable bonds is 3. The van der Waals surface area contributed by atoms with Crippen LogP contribution in [-0.4, -0.2) is 14.9 Å². The highest BCUT2D eigenvalue weighted by molar-refractivity contribution is 9.09. The number of alkyl halides is 1. The fourth-order valence-corrected chi connectivity index (χ4v) is 1.54. The zero-order valence-electron chi connectivity index (χ0n) is 7.70. The molecule has 0 bridgehead atoms. The first-order valence-corrected chi connectivity index (χ1v) is 5.68. The number of hydrogen-bond acceptors (Lipinski definition) is 1. The fourth-order valence-electron chi connectivity index (χ4n) is 1.38. The summed E-state index contributed by atoms with van der Waals surface area (Å²) in [6.45, 7) is 2.12. The molecule has 1 heterocycles. The lowest BCUT2D eigenvalue weighted by Gasteiger charge is -2.02. The van der Waals surface area contributed by atoms with Crippen LogP contribution in [0, 0.1) is 0 Å². The first-order valence-electron chi connectivity index (χ1n) is 4.56. The molecule has 2 rings (SSSR count). The van der Waals surface area contributed by atoms with Crippen molar-refractivity contribution >= 4 is 22.0 Å². The average molecular weight is 241 g/mol. The van der Waals surface area contributed by atoms with Crippen LogP contribution in [0.2, 0.25) is 0 Å². The maximum Gasteiger partial charge on any atom is 0.0953 e. The molecular weight excluding hydrogens is 228 g/mol. The van der Waals surface area contributed by atoms with Gasteiger partial charge in [-0.3, -0.25) is 0 Å². The Balaban J connectivity index is 2.23. The molecule has 0 N–H and O–H groups in total. The van der Waals surface area contributed by atoms with Crippen molar-refractivity contribution in [2.45, 2.75) is 25.8 Å². The highest BCUT2D eigenvalue weighted by Crippen LogP contribution is 2.36. The first-order chi connectivity index (χ1) is 6.31. The molecule has 2 nitrogen and oxygen atoms in total. The summed E-state index contributed by atoms with van der Waals surface area (Å²) in [5.74, 6) is 0. The Labute approximate surface area is 86.8 Å². The van der Waals surface area contributed by atoms with Crippen LogP contribution in [0.3, 0.4) is 0 Å². The van der Waals surface area contributed by atoms with E-state index in [1.165, 1.54) is 24.1 Å². The number of aromatic nitrogens is 2. The number of halogens is 1. The topological polar surface area (TPSA) is 17.8 Å². The molecule has 1 aromatic heterocycles. The molecule has 1 aromatic rings. The molecule has 3 heteroatoms. The molecule has 0 aromatic carbocycles. The number of hydrogen-bond donors (Lipinski definition) is 0. The van der Waals surface area contributed by atoms with Crippen molar-refractivity contribution in [3.63, 3.8) is 0 Å². The minimum atomic E-state index is 0.719. The van der Waals surface area contributed by atoms with E-state index in [2.05, 4.69) is 38.5 Å². The molecule has 0 aliphatic heterocycles. The molecule has 0 atom stereocenters. The Morgan fingerprint density at radius 2 is 2.54 bits per heavy atom. The molecule has 70 valence electrons. The largest absolute Gasteiger partial charge is 0.328 e. The second-order valence-corrected chi connectivity index (χ2v) is 4.14. The second-order valence-electron chi connectivity index (χ2n) is 3.58. The van der Waals surface area contributed by atoms with E-state index in [0.717, 1.165) is 11.4 Å². The lowest BCUT2D eigenvalue weighted by atomic mass is 10.3. The standard InChI is InChI=1S/C10H13BrN2/c1-8(5-11)4-10-6-12-7-13(10)9-2-3-9/h4,6-7,9H,2-3,5H2,1H3/b8-4+. The highest BCUT2D eigenvalue weighted by atomic mass is 79.9. The number of allylic oxidation sites excluding steroid dienone is 1. The van der Waals surface area contributed by atoms with Crippen LogP contribution < -0.4 is 0 Å². The van der Waals surface area contributed by atoms with Gasteiger partial charge in [0, 0.05) is 11.4 Å². The van der Waals surface area contributed by atoms with Gasteiger partial charge in [0.1, 0.15) is 0 Å². The Morgan fingerprint density at radius 1 is 1.77 bits per heavy atom. The van der Waals surface area contributed by atoms with Crippen molar-refractivity contribution < 1.29 is 0 Å². The van der Waals surface area contributed by atoms with Crippen LogP contribution in [0.25, 0.3) is 6.08 Å². The van der Waals surface area contributed by atoms with Crippen molar-refractivity contribution in [2.75, 3.05) is 5.33 Å². The Morgan fingerprint density at radius 3 is 3.15 bits per heavy atom. The Kier molecular flexibility index (Phi) is 2.54. The summed E-state index contributed by atoms with van der Waals surface area (Å²) in [5, 5.41) is 0.933. The van der Waals surface area contributed by atoms with Crippen LogP contribution in [0.15, 0.2) is 18.1 Å². The molecular formula is C10H13BrN2. The summed E-state index contributed by atoms with van der Waals surface area (Å²) < 4.78 is 2.27. The van der Waals surface area contributed by atoms with Crippen molar-refractivity contribution in [3.05, 3.63) is 23.8 Å². The molecule has 13 heavy (non-hydrogen) atoms. The third kappa shape index (κ3) is 2.02. The van der Waals surface area contributed by atoms with E-state index in [1.54, 1.807) is 0 Å². The van der Waals surface area contributed by atoms with Crippen LogP contribution >= 0.6 is 15.9 Å². The van der Waals surface area contributed by atoms with Gasteiger partial charge in [0.15, 0.2) is 0 Å². The summed E-state index contributed by atoms with van der Waals surface area (Å²) in [5.41, 5.74) is 2.57. The molecule has 0 radical (unpaired) electrons. The van der Waals surface area contributed by atoms with E-state index >= 15 is 0 Å². The highest BCUT2D eigenvalue weighted by Gasteiger charge is 2.24. The van der Waals surface area contributed by atoms with E-state index < -0.39 is 0 Å². The van der Waals surface area contributed by atoms with Gasteiger partial charge in [-0.05, 0) is 25.8 Å². The van der Waals surface area contributed by atoms with Crippen LogP contribution in [0.4, 0.5) is 0 Å². The number of imidazole rings is 1. The van der Waals surface area contributed by atoms with Crippen molar-refractivity contribution in [1.29, 1.82) is 0 Å². The summed E-state index contributed by atoms with van der Waals surface area (Å²) in [6, 6.07) is 0.719. The van der Waals surface area contributed by atoms with Crippen LogP contribution in [0.5, 0.6) is 0 Å². The van der Waals surface area contributed by atoms with Crippen LogP contribution in [-0.2, 0) is 0 Å². The molecule has 1 saturated carbocycles. The van der Waals surface area contributed by atoms with Gasteiger partial charge >= 0.3 is 0 Å². The molecule has 1 fully saturated rings. The zero-order chi connectivity index (χ0) is 9.26. The summed E-state index contributed by atoms with van der Waals surface area (Å²) in [4.78, 5) is 4.17. The van der Waals surface area contributed by atoms with Gasteiger partial charge in [-0.25, -0.2) is 4.98 Å². The minimum Gasteiger partial charge on any atom is -0.328 e. The van der Waals surface area contributed by atoms with Crippen LogP contribution in [0.1, 0.15) is 31.5 Å². The van der Waals surface area contributed by atoms with Gasteiger partial charge in [-0.1, -0.05) is 21.5 Å². The molecule has 0 amide bonds. The number of nitrogens with zero attached hydrogens (tertiary/aromatic N) is 2. The Bertz CT molecular complexity index is 323. The quantitative estimate of drug-likeness (QED) is 0.744. The third-order valence-corrected chi connectivity index (χ3v) is 3.13. The smallest absolute Gasteiger partial charge is 0.0953 e. The average Bonchev–Trinajstić information content (AvgIpc) is 2.88. The first kappa shape index (κ1) is 9.00. The summed E-state index contributed by atoms with van der Waals surface area (Å²) >= 11 is 3.44. The molecule has 1 aliphatic carbocycles. The van der Waals surface area contributed by atoms with E-state index in [9.17, 15) is 0 Å². The third-order valence-electron chi connectivity index (χ3n) is 2.24. The predicted octanol–water partition coefficient (Wildman–Crippen LogP) is 3.02. The Hall–Kier alpha value is -0.570. The van der Waals surface area contributed by atoms with E-state index in [0.29, 0.717) is 0 Å². The molecule has 0 saturated heterocycles. The molecule has 0 unspecified atom stereocenters. The van der Waals surface area contributed by atoms with Gasteiger partial charge < -0.3 is 4.57 Å². The lowest BCUT2D eigenvalue weighted by molar-refractivity contribution is 0.733. The van der Waals surface area contributed by atoms with Gasteiger partial charge in [-0.2, -0.15) is 0 Å². The van der Waals surface area contributed by atoms with Gasteiger partial charge in [-0.15, -0.1) is 0 Å². The summed E-state index contributed by atoms with van der Waals surface area (Å²) in [7, 11) is 0. The van der Waals surface area contributed by atoms with Crippen molar-refractivity contribution in [2.24, 2.45) is 0 Å². The van der Waals surface area contributed by atoms with Crippen molar-refractivity contribution in [3.8, 4) is 0 Å². The molecule has 0 spiro atoms. The second kappa shape index (κ2) is 3.66.